The zero-order valence-corrected chi connectivity index (χ0v) is 33.5. The first kappa shape index (κ1) is 45.8. The van der Waals surface area contributed by atoms with Crippen molar-refractivity contribution < 1.29 is 28.6 Å². The number of unbranched alkanes of at least 4 members (excludes halogenated alkanes) is 19. The van der Waals surface area contributed by atoms with Crippen molar-refractivity contribution >= 4 is 30.5 Å². The number of fused-ring (bicyclic) bond motifs is 1. The van der Waals surface area contributed by atoms with Gasteiger partial charge in [0, 0.05) is 6.42 Å². The molecule has 12 nitrogen and oxygen atoms in total. The average Bonchev–Trinajstić information content (AvgIpc) is 3.54. The first-order valence-corrected chi connectivity index (χ1v) is 22.1. The predicted molar refractivity (Wildman–Crippen MR) is 211 cm³/mol. The van der Waals surface area contributed by atoms with Crippen LogP contribution in [0.15, 0.2) is 24.8 Å². The zero-order chi connectivity index (χ0) is 37.9. The molecule has 0 radical (unpaired) electrons. The lowest BCUT2D eigenvalue weighted by molar-refractivity contribution is -0.122. The Labute approximate surface area is 313 Å². The van der Waals surface area contributed by atoms with E-state index < -0.39 is 32.2 Å². The third-order valence-electron chi connectivity index (χ3n) is 9.43. The van der Waals surface area contributed by atoms with Crippen LogP contribution in [0.5, 0.6) is 0 Å². The van der Waals surface area contributed by atoms with Gasteiger partial charge in [0.05, 0.1) is 37.7 Å². The standard InChI is InChI=1S/C39H71N6O6P/c1-4-6-8-10-12-14-15-16-17-19-20-22-24-26-35(46)34(44-36(47)27-25-23-21-18-13-11-9-7-5-2)29-51-52(48,49)32-50-33(3)28-45-31-43-37-38(40)41-30-42-39(37)45/h24,26,30-31,33-35,46H,4-23,25,27-29,32H2,1-3H3,(H,44,47)(H,48,49)(H2,40,41,42). The summed E-state index contributed by atoms with van der Waals surface area (Å²) in [7, 11) is -4.21. The fraction of sp³-hybridized carbons (Fsp3) is 0.795. The van der Waals surface area contributed by atoms with Crippen molar-refractivity contribution in [2.45, 2.75) is 187 Å². The molecular formula is C39H71N6O6P. The van der Waals surface area contributed by atoms with Gasteiger partial charge in [0.15, 0.2) is 11.5 Å². The summed E-state index contributed by atoms with van der Waals surface area (Å²) in [5.74, 6) is 0.0653. The normalized spacial score (nSPS) is 14.9. The number of carbonyl (C=O) groups excluding carboxylic acids is 1. The number of amides is 1. The van der Waals surface area contributed by atoms with Crippen LogP contribution in [0.2, 0.25) is 0 Å². The van der Waals surface area contributed by atoms with Gasteiger partial charge in [-0.05, 0) is 26.2 Å². The summed E-state index contributed by atoms with van der Waals surface area (Å²) >= 11 is 0. The predicted octanol–water partition coefficient (Wildman–Crippen LogP) is 9.00. The van der Waals surface area contributed by atoms with E-state index in [0.29, 0.717) is 24.1 Å². The van der Waals surface area contributed by atoms with Crippen molar-refractivity contribution in [3.63, 3.8) is 0 Å². The smallest absolute Gasteiger partial charge is 0.353 e. The van der Waals surface area contributed by atoms with Crippen LogP contribution in [0.3, 0.4) is 0 Å². The SMILES string of the molecule is CCCCCCCCCCCCCC=CC(O)C(COP(=O)(O)COC(C)Cn1cnc2c(N)ncnc21)NC(=O)CCCCCCCCCCC. The molecule has 0 fully saturated rings. The summed E-state index contributed by atoms with van der Waals surface area (Å²) in [4.78, 5) is 35.9. The van der Waals surface area contributed by atoms with Crippen molar-refractivity contribution in [3.8, 4) is 0 Å². The van der Waals surface area contributed by atoms with Crippen LogP contribution >= 0.6 is 7.60 Å². The number of aromatic nitrogens is 4. The van der Waals surface area contributed by atoms with E-state index in [4.69, 9.17) is 15.0 Å². The van der Waals surface area contributed by atoms with E-state index in [0.717, 1.165) is 38.5 Å². The molecule has 1 amide bonds. The van der Waals surface area contributed by atoms with Crippen molar-refractivity contribution in [1.29, 1.82) is 0 Å². The van der Waals surface area contributed by atoms with Gasteiger partial charge in [-0.3, -0.25) is 9.36 Å². The van der Waals surface area contributed by atoms with Gasteiger partial charge >= 0.3 is 7.60 Å². The van der Waals surface area contributed by atoms with Crippen LogP contribution in [-0.4, -0.2) is 66.6 Å². The number of nitrogen functional groups attached to an aromatic ring is 1. The maximum absolute atomic E-state index is 13.0. The van der Waals surface area contributed by atoms with E-state index in [9.17, 15) is 19.4 Å². The molecule has 5 N–H and O–H groups in total. The van der Waals surface area contributed by atoms with Crippen molar-refractivity contribution in [3.05, 3.63) is 24.8 Å². The van der Waals surface area contributed by atoms with E-state index >= 15 is 0 Å². The van der Waals surface area contributed by atoms with Gasteiger partial charge in [-0.25, -0.2) is 15.0 Å². The molecule has 0 bridgehead atoms. The van der Waals surface area contributed by atoms with Crippen LogP contribution in [0, 0.1) is 0 Å². The second-order valence-corrected chi connectivity index (χ2v) is 16.2. The van der Waals surface area contributed by atoms with E-state index in [1.807, 2.05) is 6.08 Å². The number of ether oxygens (including phenoxy) is 1. The average molecular weight is 751 g/mol. The number of rotatable bonds is 33. The number of anilines is 1. The molecule has 2 heterocycles. The number of hydrogen-bond acceptors (Lipinski definition) is 9. The fourth-order valence-corrected chi connectivity index (χ4v) is 7.13. The summed E-state index contributed by atoms with van der Waals surface area (Å²) < 4.78 is 25.8. The molecule has 0 saturated carbocycles. The molecule has 2 aromatic heterocycles. The number of allylic oxidation sites excluding steroid dienone is 1. The molecule has 298 valence electrons. The molecule has 0 aromatic carbocycles. The van der Waals surface area contributed by atoms with Gasteiger partial charge in [0.1, 0.15) is 18.2 Å². The Bertz CT molecular complexity index is 1290. The number of aliphatic hydroxyl groups is 1. The molecular weight excluding hydrogens is 679 g/mol. The number of carbonyl (C=O) groups is 1. The molecule has 0 aliphatic carbocycles. The van der Waals surface area contributed by atoms with Crippen LogP contribution in [0.4, 0.5) is 5.82 Å². The maximum Gasteiger partial charge on any atom is 0.353 e. The third-order valence-corrected chi connectivity index (χ3v) is 10.5. The summed E-state index contributed by atoms with van der Waals surface area (Å²) in [5, 5.41) is 13.9. The van der Waals surface area contributed by atoms with Crippen LogP contribution in [-0.2, 0) is 25.2 Å². The van der Waals surface area contributed by atoms with E-state index in [1.165, 1.54) is 103 Å². The Morgan fingerprint density at radius 3 is 2.04 bits per heavy atom. The van der Waals surface area contributed by atoms with Gasteiger partial charge in [0.25, 0.3) is 0 Å². The molecule has 0 aliphatic rings. The number of imidazole rings is 1. The second-order valence-electron chi connectivity index (χ2n) is 14.4. The highest BCUT2D eigenvalue weighted by atomic mass is 31.2. The largest absolute Gasteiger partial charge is 0.387 e. The molecule has 4 atom stereocenters. The first-order valence-electron chi connectivity index (χ1n) is 20.3. The molecule has 4 unspecified atom stereocenters. The minimum absolute atomic E-state index is 0.205. The summed E-state index contributed by atoms with van der Waals surface area (Å²) in [6, 6.07) is -0.875. The van der Waals surface area contributed by atoms with E-state index in [1.54, 1.807) is 23.9 Å². The Morgan fingerprint density at radius 1 is 0.885 bits per heavy atom. The monoisotopic (exact) mass is 751 g/mol. The number of nitrogens with two attached hydrogens (primary N) is 1. The zero-order valence-electron chi connectivity index (χ0n) is 32.6. The molecule has 52 heavy (non-hydrogen) atoms. The second kappa shape index (κ2) is 28.1. The van der Waals surface area contributed by atoms with E-state index in [-0.39, 0.29) is 18.3 Å². The first-order chi connectivity index (χ1) is 25.2. The van der Waals surface area contributed by atoms with Gasteiger partial charge in [-0.15, -0.1) is 0 Å². The molecule has 0 spiro atoms. The highest BCUT2D eigenvalue weighted by Gasteiger charge is 2.27. The van der Waals surface area contributed by atoms with Crippen molar-refractivity contribution in [2.24, 2.45) is 0 Å². The Hall–Kier alpha value is -2.37. The van der Waals surface area contributed by atoms with Gasteiger partial charge in [0.2, 0.25) is 5.91 Å². The maximum atomic E-state index is 13.0. The number of aliphatic hydroxyl groups excluding tert-OH is 1. The van der Waals surface area contributed by atoms with Crippen LogP contribution < -0.4 is 11.1 Å². The molecule has 2 aromatic rings. The van der Waals surface area contributed by atoms with Gasteiger partial charge in [-0.1, -0.05) is 142 Å². The molecule has 13 heteroatoms. The summed E-state index contributed by atoms with van der Waals surface area (Å²) in [6.07, 6.45) is 29.9. The van der Waals surface area contributed by atoms with Gasteiger partial charge < -0.3 is 34.9 Å². The van der Waals surface area contributed by atoms with Crippen LogP contribution in [0.1, 0.15) is 162 Å². The number of nitrogens with one attached hydrogen (secondary N) is 1. The lowest BCUT2D eigenvalue weighted by Crippen LogP contribution is -2.45. The van der Waals surface area contributed by atoms with Crippen molar-refractivity contribution in [2.75, 3.05) is 18.7 Å². The minimum atomic E-state index is -4.21. The number of hydrogen-bond donors (Lipinski definition) is 4. The third kappa shape index (κ3) is 20.8. The summed E-state index contributed by atoms with van der Waals surface area (Å²) in [6.45, 7) is 6.21. The Balaban J connectivity index is 1.80. The Morgan fingerprint density at radius 2 is 1.44 bits per heavy atom. The van der Waals surface area contributed by atoms with Crippen LogP contribution in [0.25, 0.3) is 11.2 Å². The highest BCUT2D eigenvalue weighted by Crippen LogP contribution is 2.42. The van der Waals surface area contributed by atoms with Crippen molar-refractivity contribution in [1.82, 2.24) is 24.8 Å². The number of nitrogens with zero attached hydrogens (tertiary/aromatic N) is 4. The molecule has 0 aliphatic heterocycles. The quantitative estimate of drug-likeness (QED) is 0.0313. The molecule has 2 rings (SSSR count). The highest BCUT2D eigenvalue weighted by molar-refractivity contribution is 7.52. The van der Waals surface area contributed by atoms with Gasteiger partial charge in [-0.2, -0.15) is 0 Å². The van der Waals surface area contributed by atoms with E-state index in [2.05, 4.69) is 34.1 Å². The fourth-order valence-electron chi connectivity index (χ4n) is 6.21. The minimum Gasteiger partial charge on any atom is -0.387 e. The lowest BCUT2D eigenvalue weighted by Gasteiger charge is -2.24. The summed E-state index contributed by atoms with van der Waals surface area (Å²) in [5.41, 5.74) is 6.88. The Kier molecular flexibility index (Phi) is 24.8. The lowest BCUT2D eigenvalue weighted by atomic mass is 10.0. The molecule has 0 saturated heterocycles. The topological polar surface area (TPSA) is 175 Å².